The second-order valence-corrected chi connectivity index (χ2v) is 10.5. The molecule has 0 radical (unpaired) electrons. The maximum Gasteiger partial charge on any atom is 0.355 e. The topological polar surface area (TPSA) is 77.2 Å². The van der Waals surface area contributed by atoms with Crippen LogP contribution in [0.5, 0.6) is 5.75 Å². The molecule has 0 aliphatic heterocycles. The average molecular weight is 502 g/mol. The number of benzene rings is 2. The van der Waals surface area contributed by atoms with Crippen LogP contribution < -0.4 is 4.74 Å². The number of hydrogen-bond acceptors (Lipinski definition) is 6. The number of carbonyl (C=O) groups is 1. The number of aryl methyl sites for hydroxylation is 1. The lowest BCUT2D eigenvalue weighted by Gasteiger charge is -2.07. The molecule has 0 saturated heterocycles. The predicted octanol–water partition coefficient (Wildman–Crippen LogP) is 6.46. The summed E-state index contributed by atoms with van der Waals surface area (Å²) in [5.74, 6) is -2.09. The van der Waals surface area contributed by atoms with Crippen LogP contribution in [0.2, 0.25) is 0 Å². The molecule has 4 rings (SSSR count). The molecule has 0 unspecified atom stereocenters. The van der Waals surface area contributed by atoms with Crippen LogP contribution in [0.3, 0.4) is 0 Å². The van der Waals surface area contributed by atoms with Crippen molar-refractivity contribution in [3.63, 3.8) is 0 Å². The van der Waals surface area contributed by atoms with Gasteiger partial charge in [-0.1, -0.05) is 37.3 Å². The van der Waals surface area contributed by atoms with Crippen molar-refractivity contribution in [3.05, 3.63) is 65.5 Å². The molecule has 0 spiro atoms. The Labute approximate surface area is 203 Å². The fourth-order valence-corrected chi connectivity index (χ4v) is 6.00. The molecule has 2 aromatic carbocycles. The Morgan fingerprint density at radius 3 is 2.59 bits per heavy atom. The largest absolute Gasteiger partial charge is 0.494 e. The molecule has 1 N–H and O–H groups in total. The number of aromatic nitrogens is 3. The van der Waals surface area contributed by atoms with Crippen LogP contribution in [0, 0.1) is 18.6 Å². The Bertz CT molecular complexity index is 1380. The number of methoxy groups -OCH3 is 1. The van der Waals surface area contributed by atoms with Gasteiger partial charge in [-0.3, -0.25) is 0 Å². The molecule has 0 atom stereocenters. The summed E-state index contributed by atoms with van der Waals surface area (Å²) in [4.78, 5) is 17.0. The fraction of sp³-hybridized carbons (Fsp3) is 0.208. The highest BCUT2D eigenvalue weighted by atomic mass is 32.2. The van der Waals surface area contributed by atoms with Crippen LogP contribution in [0.25, 0.3) is 27.5 Å². The SMILES string of the molecule is COc1cc(-c2nc(-n3nc(C)c(-c4cccc(F)c4)c3C(=O)O)sc2SC(C)C)ccc1F. The van der Waals surface area contributed by atoms with E-state index in [2.05, 4.69) is 5.10 Å². The van der Waals surface area contributed by atoms with Crippen molar-refractivity contribution in [1.82, 2.24) is 14.8 Å². The lowest BCUT2D eigenvalue weighted by Crippen LogP contribution is -2.09. The van der Waals surface area contributed by atoms with Crippen molar-refractivity contribution < 1.29 is 23.4 Å². The van der Waals surface area contributed by atoms with E-state index in [1.807, 2.05) is 13.8 Å². The Morgan fingerprint density at radius 2 is 1.94 bits per heavy atom. The maximum atomic E-state index is 14.0. The number of carboxylic acids is 1. The van der Waals surface area contributed by atoms with E-state index in [4.69, 9.17) is 9.72 Å². The first-order valence-corrected chi connectivity index (χ1v) is 12.0. The van der Waals surface area contributed by atoms with Crippen molar-refractivity contribution in [2.75, 3.05) is 7.11 Å². The number of carboxylic acid groups (broad SMARTS) is 1. The number of nitrogens with zero attached hydrogens (tertiary/aromatic N) is 3. The third-order valence-corrected chi connectivity index (χ3v) is 7.15. The highest BCUT2D eigenvalue weighted by Crippen LogP contribution is 2.41. The summed E-state index contributed by atoms with van der Waals surface area (Å²) in [6.07, 6.45) is 0. The predicted molar refractivity (Wildman–Crippen MR) is 129 cm³/mol. The summed E-state index contributed by atoms with van der Waals surface area (Å²) in [7, 11) is 1.39. The van der Waals surface area contributed by atoms with Crippen molar-refractivity contribution >= 4 is 29.1 Å². The molecule has 0 bridgehead atoms. The molecule has 0 fully saturated rings. The number of ether oxygens (including phenoxy) is 1. The Hall–Kier alpha value is -3.24. The lowest BCUT2D eigenvalue weighted by molar-refractivity contribution is 0.0688. The molecular weight excluding hydrogens is 480 g/mol. The smallest absolute Gasteiger partial charge is 0.355 e. The molecule has 10 heteroatoms. The van der Waals surface area contributed by atoms with E-state index in [0.717, 1.165) is 4.21 Å². The molecule has 34 heavy (non-hydrogen) atoms. The minimum Gasteiger partial charge on any atom is -0.494 e. The molecule has 4 aromatic rings. The van der Waals surface area contributed by atoms with E-state index in [0.29, 0.717) is 33.2 Å². The van der Waals surface area contributed by atoms with Crippen molar-refractivity contribution in [2.24, 2.45) is 0 Å². The van der Waals surface area contributed by atoms with Gasteiger partial charge in [0.2, 0.25) is 5.13 Å². The van der Waals surface area contributed by atoms with Crippen molar-refractivity contribution in [1.29, 1.82) is 0 Å². The van der Waals surface area contributed by atoms with E-state index in [-0.39, 0.29) is 16.7 Å². The van der Waals surface area contributed by atoms with Gasteiger partial charge in [0.25, 0.3) is 0 Å². The summed E-state index contributed by atoms with van der Waals surface area (Å²) in [5.41, 5.74) is 2.27. The molecule has 176 valence electrons. The fourth-order valence-electron chi connectivity index (χ4n) is 3.52. The van der Waals surface area contributed by atoms with Gasteiger partial charge in [-0.15, -0.1) is 11.8 Å². The zero-order chi connectivity index (χ0) is 24.6. The molecule has 6 nitrogen and oxygen atoms in total. The first-order chi connectivity index (χ1) is 16.2. The average Bonchev–Trinajstić information content (AvgIpc) is 3.34. The summed E-state index contributed by atoms with van der Waals surface area (Å²) in [6.45, 7) is 5.73. The van der Waals surface area contributed by atoms with Gasteiger partial charge in [-0.05, 0) is 42.8 Å². The maximum absolute atomic E-state index is 14.0. The minimum absolute atomic E-state index is 0.0853. The van der Waals surface area contributed by atoms with Crippen molar-refractivity contribution in [3.8, 4) is 33.3 Å². The third-order valence-electron chi connectivity index (χ3n) is 4.91. The van der Waals surface area contributed by atoms with Gasteiger partial charge >= 0.3 is 5.97 Å². The standard InChI is InChI=1S/C24H21F2N3O3S2/c1-12(2)33-23-20(15-8-9-17(26)18(11-15)32-4)27-24(34-23)29-21(22(30)31)19(13(3)28-29)14-6-5-7-16(25)10-14/h5-12H,1-4H3,(H,30,31). The summed E-state index contributed by atoms with van der Waals surface area (Å²) in [6, 6.07) is 10.2. The lowest BCUT2D eigenvalue weighted by atomic mass is 10.0. The van der Waals surface area contributed by atoms with Crippen LogP contribution in [0.1, 0.15) is 30.0 Å². The second-order valence-electron chi connectivity index (χ2n) is 7.68. The first kappa shape index (κ1) is 23.9. The van der Waals surface area contributed by atoms with Gasteiger partial charge in [-0.2, -0.15) is 9.78 Å². The second kappa shape index (κ2) is 9.55. The number of hydrogen-bond donors (Lipinski definition) is 1. The van der Waals surface area contributed by atoms with Crippen LogP contribution in [-0.2, 0) is 0 Å². The Balaban J connectivity index is 1.92. The minimum atomic E-state index is -1.21. The normalized spacial score (nSPS) is 11.3. The zero-order valence-corrected chi connectivity index (χ0v) is 20.4. The molecule has 0 aliphatic rings. The zero-order valence-electron chi connectivity index (χ0n) is 18.8. The van der Waals surface area contributed by atoms with E-state index in [1.165, 1.54) is 47.4 Å². The molecular formula is C24H21F2N3O3S2. The number of thiazole rings is 1. The van der Waals surface area contributed by atoms with Gasteiger partial charge in [0.15, 0.2) is 17.3 Å². The highest BCUT2D eigenvalue weighted by Gasteiger charge is 2.27. The molecule has 0 amide bonds. The quantitative estimate of drug-likeness (QED) is 0.293. The van der Waals surface area contributed by atoms with Crippen LogP contribution in [0.15, 0.2) is 46.7 Å². The Kier molecular flexibility index (Phi) is 6.72. The van der Waals surface area contributed by atoms with E-state index >= 15 is 0 Å². The van der Waals surface area contributed by atoms with Crippen LogP contribution in [-0.4, -0.2) is 38.2 Å². The molecule has 2 heterocycles. The van der Waals surface area contributed by atoms with E-state index in [1.54, 1.807) is 36.9 Å². The van der Waals surface area contributed by atoms with Gasteiger partial charge in [0.1, 0.15) is 5.82 Å². The first-order valence-electron chi connectivity index (χ1n) is 10.3. The monoisotopic (exact) mass is 501 g/mol. The molecule has 0 aliphatic carbocycles. The van der Waals surface area contributed by atoms with E-state index in [9.17, 15) is 18.7 Å². The third kappa shape index (κ3) is 4.55. The van der Waals surface area contributed by atoms with Crippen molar-refractivity contribution in [2.45, 2.75) is 30.2 Å². The van der Waals surface area contributed by atoms with Gasteiger partial charge < -0.3 is 9.84 Å². The summed E-state index contributed by atoms with van der Waals surface area (Å²) in [5, 5.41) is 15.1. The van der Waals surface area contributed by atoms with E-state index < -0.39 is 17.6 Å². The van der Waals surface area contributed by atoms with Crippen LogP contribution >= 0.6 is 23.1 Å². The van der Waals surface area contributed by atoms with Gasteiger partial charge in [-0.25, -0.2) is 18.6 Å². The summed E-state index contributed by atoms with van der Waals surface area (Å²) >= 11 is 2.85. The number of thioether (sulfide) groups is 1. The summed E-state index contributed by atoms with van der Waals surface area (Å²) < 4.78 is 35.1. The van der Waals surface area contributed by atoms with Gasteiger partial charge in [0, 0.05) is 16.4 Å². The van der Waals surface area contributed by atoms with Gasteiger partial charge in [0.05, 0.1) is 22.7 Å². The number of halogens is 2. The Morgan fingerprint density at radius 1 is 1.18 bits per heavy atom. The molecule has 0 saturated carbocycles. The number of rotatable bonds is 7. The highest BCUT2D eigenvalue weighted by molar-refractivity contribution is 8.01. The number of aromatic carboxylic acids is 1. The van der Waals surface area contributed by atoms with Crippen LogP contribution in [0.4, 0.5) is 8.78 Å². The molecule has 2 aromatic heterocycles.